The molecule has 8 heteroatoms. The number of carbonyl (C=O) groups excluding carboxylic acids is 1. The van der Waals surface area contributed by atoms with E-state index in [-0.39, 0.29) is 11.5 Å². The van der Waals surface area contributed by atoms with Crippen molar-refractivity contribution in [2.75, 3.05) is 18.5 Å². The largest absolute Gasteiger partial charge is 0.355 e. The Bertz CT molecular complexity index is 1310. The minimum absolute atomic E-state index is 0.231. The van der Waals surface area contributed by atoms with Gasteiger partial charge >= 0.3 is 0 Å². The van der Waals surface area contributed by atoms with Crippen LogP contribution in [0.4, 0.5) is 5.82 Å². The second-order valence-corrected chi connectivity index (χ2v) is 9.14. The third kappa shape index (κ3) is 4.11. The molecule has 2 aromatic heterocycles. The molecule has 0 N–H and O–H groups in total. The molecule has 3 heterocycles. The lowest BCUT2D eigenvalue weighted by Gasteiger charge is -2.21. The van der Waals surface area contributed by atoms with Gasteiger partial charge < -0.3 is 4.90 Å². The fourth-order valence-corrected chi connectivity index (χ4v) is 4.82. The summed E-state index contributed by atoms with van der Waals surface area (Å²) in [6, 6.07) is 13.7. The lowest BCUT2D eigenvalue weighted by molar-refractivity contribution is -0.121. The number of amides is 1. The first-order valence-electron chi connectivity index (χ1n) is 10.0. The van der Waals surface area contributed by atoms with Crippen molar-refractivity contribution in [1.82, 2.24) is 14.3 Å². The van der Waals surface area contributed by atoms with Crippen molar-refractivity contribution < 1.29 is 4.79 Å². The highest BCUT2D eigenvalue weighted by atomic mass is 32.2. The van der Waals surface area contributed by atoms with Gasteiger partial charge in [-0.1, -0.05) is 66.5 Å². The van der Waals surface area contributed by atoms with Crippen molar-refractivity contribution in [3.8, 4) is 0 Å². The molecule has 1 saturated heterocycles. The Morgan fingerprint density at radius 1 is 1.19 bits per heavy atom. The van der Waals surface area contributed by atoms with E-state index in [2.05, 4.69) is 6.58 Å². The van der Waals surface area contributed by atoms with Crippen LogP contribution < -0.4 is 10.5 Å². The van der Waals surface area contributed by atoms with Crippen LogP contribution in [-0.4, -0.2) is 38.1 Å². The van der Waals surface area contributed by atoms with Gasteiger partial charge in [-0.3, -0.25) is 18.9 Å². The molecular formula is C24H22N4O2S2. The lowest BCUT2D eigenvalue weighted by Crippen LogP contribution is -2.28. The zero-order valence-corrected chi connectivity index (χ0v) is 19.4. The van der Waals surface area contributed by atoms with E-state index >= 15 is 0 Å². The minimum atomic E-state index is -0.234. The van der Waals surface area contributed by atoms with Crippen LogP contribution in [-0.2, 0) is 11.3 Å². The molecule has 0 radical (unpaired) electrons. The van der Waals surface area contributed by atoms with E-state index in [0.717, 1.165) is 11.1 Å². The highest BCUT2D eigenvalue weighted by Crippen LogP contribution is 2.33. The number of anilines is 1. The number of fused-ring (bicyclic) bond motifs is 1. The van der Waals surface area contributed by atoms with Gasteiger partial charge in [-0.05, 0) is 30.2 Å². The third-order valence-corrected chi connectivity index (χ3v) is 6.53. The van der Waals surface area contributed by atoms with E-state index in [1.165, 1.54) is 21.1 Å². The number of thioether (sulfide) groups is 1. The van der Waals surface area contributed by atoms with Gasteiger partial charge in [0, 0.05) is 26.3 Å². The highest BCUT2D eigenvalue weighted by molar-refractivity contribution is 8.26. The molecule has 1 aliphatic heterocycles. The van der Waals surface area contributed by atoms with Crippen molar-refractivity contribution in [3.05, 3.63) is 93.3 Å². The molecule has 1 aromatic carbocycles. The SMILES string of the molecule is C=CCN1C(=O)/C(=C/c2c(N(C)Cc3ccccc3)nc3c(C)cccn3c2=O)SC1=S. The summed E-state index contributed by atoms with van der Waals surface area (Å²) < 4.78 is 1.97. The summed E-state index contributed by atoms with van der Waals surface area (Å²) in [5.41, 5.74) is 2.69. The minimum Gasteiger partial charge on any atom is -0.355 e. The van der Waals surface area contributed by atoms with Gasteiger partial charge in [0.2, 0.25) is 0 Å². The molecular weight excluding hydrogens is 440 g/mol. The Labute approximate surface area is 195 Å². The number of aromatic nitrogens is 2. The van der Waals surface area contributed by atoms with E-state index < -0.39 is 0 Å². The fraction of sp³-hybridized carbons (Fsp3) is 0.167. The summed E-state index contributed by atoms with van der Waals surface area (Å²) in [6.07, 6.45) is 4.93. The van der Waals surface area contributed by atoms with E-state index in [1.807, 2.05) is 61.3 Å². The van der Waals surface area contributed by atoms with Crippen LogP contribution in [0.15, 0.2) is 71.0 Å². The number of benzene rings is 1. The normalized spacial score (nSPS) is 15.1. The molecule has 0 aliphatic carbocycles. The van der Waals surface area contributed by atoms with E-state index in [0.29, 0.717) is 39.3 Å². The van der Waals surface area contributed by atoms with Crippen LogP contribution in [0.5, 0.6) is 0 Å². The maximum Gasteiger partial charge on any atom is 0.267 e. The summed E-state index contributed by atoms with van der Waals surface area (Å²) in [4.78, 5) is 35.0. The smallest absolute Gasteiger partial charge is 0.267 e. The molecule has 1 amide bonds. The van der Waals surface area contributed by atoms with Gasteiger partial charge in [0.15, 0.2) is 0 Å². The molecule has 32 heavy (non-hydrogen) atoms. The maximum absolute atomic E-state index is 13.5. The molecule has 162 valence electrons. The Morgan fingerprint density at radius 2 is 1.94 bits per heavy atom. The van der Waals surface area contributed by atoms with Gasteiger partial charge in [0.25, 0.3) is 11.5 Å². The van der Waals surface area contributed by atoms with Crippen LogP contribution in [0.1, 0.15) is 16.7 Å². The Kier molecular flexibility index (Phi) is 6.25. The zero-order valence-electron chi connectivity index (χ0n) is 17.8. The number of aryl methyl sites for hydroxylation is 1. The fourth-order valence-electron chi connectivity index (χ4n) is 3.57. The van der Waals surface area contributed by atoms with Crippen molar-refractivity contribution in [1.29, 1.82) is 0 Å². The summed E-state index contributed by atoms with van der Waals surface area (Å²) >= 11 is 6.53. The molecule has 4 rings (SSSR count). The second-order valence-electron chi connectivity index (χ2n) is 7.46. The first kappa shape index (κ1) is 22.0. The summed E-state index contributed by atoms with van der Waals surface area (Å²) in [5.74, 6) is 0.285. The molecule has 3 aromatic rings. The number of hydrogen-bond acceptors (Lipinski definition) is 6. The Morgan fingerprint density at radius 3 is 2.66 bits per heavy atom. The predicted octanol–water partition coefficient (Wildman–Crippen LogP) is 4.03. The van der Waals surface area contributed by atoms with Crippen LogP contribution in [0.2, 0.25) is 0 Å². The molecule has 0 spiro atoms. The van der Waals surface area contributed by atoms with Gasteiger partial charge in [-0.15, -0.1) is 6.58 Å². The maximum atomic E-state index is 13.5. The third-order valence-electron chi connectivity index (χ3n) is 5.15. The molecule has 0 atom stereocenters. The second kappa shape index (κ2) is 9.10. The molecule has 1 aliphatic rings. The standard InChI is InChI=1S/C24H22N4O2S2/c1-4-12-28-23(30)19(32-24(28)31)14-18-21(26(3)15-17-10-6-5-7-11-17)25-20-16(2)9-8-13-27(20)22(18)29/h4-11,13-14H,1,12,15H2,2-3H3/b19-14-. The van der Waals surface area contributed by atoms with Crippen LogP contribution in [0, 0.1) is 6.92 Å². The van der Waals surface area contributed by atoms with Crippen LogP contribution >= 0.6 is 24.0 Å². The summed E-state index contributed by atoms with van der Waals surface area (Å²) in [5, 5.41) is 0. The Balaban J connectivity index is 1.87. The van der Waals surface area contributed by atoms with Gasteiger partial charge in [-0.25, -0.2) is 4.98 Å². The number of nitrogens with zero attached hydrogens (tertiary/aromatic N) is 4. The van der Waals surface area contributed by atoms with Crippen molar-refractivity contribution in [3.63, 3.8) is 0 Å². The number of pyridine rings is 1. The van der Waals surface area contributed by atoms with Crippen molar-refractivity contribution >= 4 is 51.7 Å². The Hall–Kier alpha value is -3.23. The van der Waals surface area contributed by atoms with E-state index in [4.69, 9.17) is 17.2 Å². The quantitative estimate of drug-likeness (QED) is 0.313. The van der Waals surface area contributed by atoms with Crippen molar-refractivity contribution in [2.45, 2.75) is 13.5 Å². The van der Waals surface area contributed by atoms with E-state index in [1.54, 1.807) is 18.3 Å². The molecule has 0 bridgehead atoms. The number of carbonyl (C=O) groups is 1. The summed E-state index contributed by atoms with van der Waals surface area (Å²) in [6.45, 7) is 6.50. The van der Waals surface area contributed by atoms with E-state index in [9.17, 15) is 9.59 Å². The van der Waals surface area contributed by atoms with Gasteiger partial charge in [0.1, 0.15) is 15.8 Å². The first-order valence-corrected chi connectivity index (χ1v) is 11.3. The van der Waals surface area contributed by atoms with Crippen molar-refractivity contribution in [2.24, 2.45) is 0 Å². The number of hydrogen-bond donors (Lipinski definition) is 0. The first-order chi connectivity index (χ1) is 15.4. The average Bonchev–Trinajstić information content (AvgIpc) is 3.04. The zero-order chi connectivity index (χ0) is 22.8. The molecule has 0 saturated carbocycles. The van der Waals surface area contributed by atoms with Crippen LogP contribution in [0.3, 0.4) is 0 Å². The van der Waals surface area contributed by atoms with Gasteiger partial charge in [-0.2, -0.15) is 0 Å². The molecule has 1 fully saturated rings. The molecule has 6 nitrogen and oxygen atoms in total. The monoisotopic (exact) mass is 462 g/mol. The predicted molar refractivity (Wildman–Crippen MR) is 135 cm³/mol. The number of rotatable bonds is 6. The number of thiocarbonyl (C=S) groups is 1. The average molecular weight is 463 g/mol. The van der Waals surface area contributed by atoms with Gasteiger partial charge in [0.05, 0.1) is 10.5 Å². The highest BCUT2D eigenvalue weighted by Gasteiger charge is 2.32. The topological polar surface area (TPSA) is 57.9 Å². The lowest BCUT2D eigenvalue weighted by atomic mass is 10.2. The molecule has 0 unspecified atom stereocenters. The van der Waals surface area contributed by atoms with Crippen LogP contribution in [0.25, 0.3) is 11.7 Å². The summed E-state index contributed by atoms with van der Waals surface area (Å²) in [7, 11) is 1.89.